The summed E-state index contributed by atoms with van der Waals surface area (Å²) in [6, 6.07) is 0. The third kappa shape index (κ3) is 13.1. The molecule has 3 heterocycles. The number of fused-ring (bicyclic) bond motifs is 4. The lowest BCUT2D eigenvalue weighted by atomic mass is 9.79. The Labute approximate surface area is 318 Å². The van der Waals surface area contributed by atoms with Gasteiger partial charge >= 0.3 is 11.9 Å². The number of hydrogen-bond acceptors (Lipinski definition) is 11. The van der Waals surface area contributed by atoms with Gasteiger partial charge in [0, 0.05) is 36.9 Å². The highest BCUT2D eigenvalue weighted by molar-refractivity contribution is 5.87. The SMILES string of the molecule is C/C=C/C(O)C(C)(C)C1C\C=C/C=C\C=C/C(OC)Cc2nc(co2)C(=O)OC(C(C)(C)C(O)/C=C/C)C/C=C/C=C\C=C/C=C/c2nc(co2)C(=O)O1. The number of ether oxygens (including phenoxy) is 3. The minimum Gasteiger partial charge on any atom is -0.457 e. The number of carbonyl (C=O) groups excluding carboxylic acids is 2. The third-order valence-electron chi connectivity index (χ3n) is 9.03. The van der Waals surface area contributed by atoms with Crippen LogP contribution in [0.15, 0.2) is 125 Å². The lowest BCUT2D eigenvalue weighted by Gasteiger charge is -2.36. The van der Waals surface area contributed by atoms with Crippen LogP contribution >= 0.6 is 0 Å². The molecule has 3 rings (SSSR count). The lowest BCUT2D eigenvalue weighted by Crippen LogP contribution is -2.42. The predicted octanol–water partition coefficient (Wildman–Crippen LogP) is 8.04. The predicted molar refractivity (Wildman–Crippen MR) is 208 cm³/mol. The number of hydrogen-bond donors (Lipinski definition) is 2. The Bertz CT molecular complexity index is 1760. The van der Waals surface area contributed by atoms with Gasteiger partial charge < -0.3 is 33.3 Å². The van der Waals surface area contributed by atoms with E-state index in [-0.39, 0.29) is 23.7 Å². The minimum absolute atomic E-state index is 0.0118. The number of aliphatic hydroxyl groups is 2. The zero-order valence-corrected chi connectivity index (χ0v) is 32.2. The van der Waals surface area contributed by atoms with Crippen molar-refractivity contribution in [2.75, 3.05) is 7.11 Å². The Morgan fingerprint density at radius 1 is 0.722 bits per heavy atom. The highest BCUT2D eigenvalue weighted by atomic mass is 16.6. The second-order valence-corrected chi connectivity index (χ2v) is 13.8. The molecule has 0 saturated heterocycles. The molecule has 0 aliphatic carbocycles. The third-order valence-corrected chi connectivity index (χ3v) is 9.03. The summed E-state index contributed by atoms with van der Waals surface area (Å²) in [5.41, 5.74) is -1.63. The summed E-state index contributed by atoms with van der Waals surface area (Å²) in [5.74, 6) is -0.812. The molecule has 54 heavy (non-hydrogen) atoms. The molecule has 4 bridgehead atoms. The zero-order chi connectivity index (χ0) is 39.6. The van der Waals surface area contributed by atoms with E-state index in [2.05, 4.69) is 9.97 Å². The van der Waals surface area contributed by atoms with Gasteiger partial charge in [-0.1, -0.05) is 131 Å². The van der Waals surface area contributed by atoms with E-state index in [9.17, 15) is 19.8 Å². The van der Waals surface area contributed by atoms with E-state index in [0.29, 0.717) is 18.7 Å². The van der Waals surface area contributed by atoms with E-state index in [1.165, 1.54) is 12.5 Å². The number of cyclic esters (lactones) is 2. The number of aliphatic hydroxyl groups excluding tert-OH is 2. The van der Waals surface area contributed by atoms with Crippen LogP contribution in [-0.4, -0.2) is 69.7 Å². The van der Waals surface area contributed by atoms with Crippen molar-refractivity contribution in [2.24, 2.45) is 10.8 Å². The van der Waals surface area contributed by atoms with Gasteiger partial charge in [-0.05, 0) is 13.8 Å². The Kier molecular flexibility index (Phi) is 17.3. The molecule has 0 spiro atoms. The number of carbonyl (C=O) groups is 2. The van der Waals surface area contributed by atoms with Gasteiger partial charge in [0.25, 0.3) is 0 Å². The van der Waals surface area contributed by atoms with Crippen LogP contribution in [0, 0.1) is 10.8 Å². The summed E-state index contributed by atoms with van der Waals surface area (Å²) >= 11 is 0. The molecule has 0 fully saturated rings. The fourth-order valence-corrected chi connectivity index (χ4v) is 5.26. The topological polar surface area (TPSA) is 154 Å². The maximum absolute atomic E-state index is 13.3. The second-order valence-electron chi connectivity index (χ2n) is 13.8. The van der Waals surface area contributed by atoms with E-state index in [1.54, 1.807) is 55.7 Å². The molecule has 1 aliphatic heterocycles. The van der Waals surface area contributed by atoms with Crippen LogP contribution in [0.25, 0.3) is 6.08 Å². The number of nitrogens with zero attached hydrogens (tertiary/aromatic N) is 2. The standard InChI is InChI=1S/C43H54N2O9/c1-8-22-34(46)42(3,4)36-26-20-16-13-14-18-24-31(50-7)28-39-45-33(30-52-39)41(49)54-37(43(5,6)35(47)23-9-2)25-19-15-11-10-12-17-21-27-38-44-32(29-51-38)40(48)53-36/h8-24,27,29-31,34-37,46-47H,25-26,28H2,1-7H3/b11-10-,14-13-,17-12-,19-15+,20-16-,22-8+,23-9+,24-18-,27-21+. The van der Waals surface area contributed by atoms with Crippen LogP contribution in [0.2, 0.25) is 0 Å². The molecule has 5 unspecified atom stereocenters. The van der Waals surface area contributed by atoms with Crippen molar-refractivity contribution in [3.63, 3.8) is 0 Å². The number of allylic oxidation sites excluding steroid dienone is 12. The highest BCUT2D eigenvalue weighted by Gasteiger charge is 2.39. The molecule has 0 radical (unpaired) electrons. The summed E-state index contributed by atoms with van der Waals surface area (Å²) < 4.78 is 28.5. The summed E-state index contributed by atoms with van der Waals surface area (Å²) in [7, 11) is 1.56. The average molecular weight is 743 g/mol. The van der Waals surface area contributed by atoms with Gasteiger partial charge in [-0.2, -0.15) is 0 Å². The molecule has 2 N–H and O–H groups in total. The molecule has 11 heteroatoms. The van der Waals surface area contributed by atoms with Gasteiger partial charge in [0.1, 0.15) is 24.7 Å². The molecule has 2 aromatic heterocycles. The van der Waals surface area contributed by atoms with Crippen molar-refractivity contribution in [3.8, 4) is 0 Å². The van der Waals surface area contributed by atoms with E-state index >= 15 is 0 Å². The van der Waals surface area contributed by atoms with Crippen molar-refractivity contribution in [3.05, 3.63) is 139 Å². The minimum atomic E-state index is -0.871. The van der Waals surface area contributed by atoms with E-state index in [0.717, 1.165) is 0 Å². The molecule has 0 aromatic carbocycles. The Morgan fingerprint density at radius 3 is 1.74 bits per heavy atom. The molecule has 5 atom stereocenters. The van der Waals surface area contributed by atoms with Crippen molar-refractivity contribution >= 4 is 18.0 Å². The van der Waals surface area contributed by atoms with E-state index in [1.807, 2.05) is 102 Å². The smallest absolute Gasteiger partial charge is 0.360 e. The number of esters is 2. The van der Waals surface area contributed by atoms with Crippen LogP contribution in [0.3, 0.4) is 0 Å². The van der Waals surface area contributed by atoms with Crippen LogP contribution < -0.4 is 0 Å². The first-order valence-corrected chi connectivity index (χ1v) is 18.0. The van der Waals surface area contributed by atoms with Crippen molar-refractivity contribution in [1.82, 2.24) is 9.97 Å². The van der Waals surface area contributed by atoms with Crippen molar-refractivity contribution < 1.29 is 42.8 Å². The normalized spacial score (nSPS) is 25.5. The Balaban J connectivity index is 1.91. The quantitative estimate of drug-likeness (QED) is 0.209. The van der Waals surface area contributed by atoms with Gasteiger partial charge in [0.05, 0.1) is 24.7 Å². The van der Waals surface area contributed by atoms with Gasteiger partial charge in [-0.25, -0.2) is 19.6 Å². The number of methoxy groups -OCH3 is 1. The average Bonchev–Trinajstić information content (AvgIpc) is 3.82. The first kappa shape index (κ1) is 43.3. The first-order valence-electron chi connectivity index (χ1n) is 18.0. The molecule has 0 saturated carbocycles. The van der Waals surface area contributed by atoms with Gasteiger partial charge in [0.2, 0.25) is 5.89 Å². The number of rotatable bonds is 7. The fourth-order valence-electron chi connectivity index (χ4n) is 5.26. The van der Waals surface area contributed by atoms with Crippen molar-refractivity contribution in [1.29, 1.82) is 0 Å². The number of aromatic nitrogens is 2. The van der Waals surface area contributed by atoms with Gasteiger partial charge in [-0.15, -0.1) is 0 Å². The number of oxazole rings is 2. The molecule has 290 valence electrons. The Morgan fingerprint density at radius 2 is 1.20 bits per heavy atom. The van der Waals surface area contributed by atoms with Gasteiger partial charge in [-0.3, -0.25) is 0 Å². The highest BCUT2D eigenvalue weighted by Crippen LogP contribution is 2.33. The summed E-state index contributed by atoms with van der Waals surface area (Å²) in [4.78, 5) is 35.0. The molecule has 0 amide bonds. The van der Waals surface area contributed by atoms with Crippen LogP contribution in [-0.2, 0) is 20.6 Å². The van der Waals surface area contributed by atoms with Crippen LogP contribution in [0.1, 0.15) is 87.1 Å². The van der Waals surface area contributed by atoms with Gasteiger partial charge in [0.15, 0.2) is 17.3 Å². The monoisotopic (exact) mass is 742 g/mol. The molecule has 1 aliphatic rings. The molecule has 11 nitrogen and oxygen atoms in total. The van der Waals surface area contributed by atoms with E-state index < -0.39 is 53.3 Å². The summed E-state index contributed by atoms with van der Waals surface area (Å²) in [6.45, 7) is 11.0. The van der Waals surface area contributed by atoms with E-state index in [4.69, 9.17) is 23.0 Å². The molecular formula is C43H54N2O9. The van der Waals surface area contributed by atoms with Crippen LogP contribution in [0.4, 0.5) is 0 Å². The first-order chi connectivity index (χ1) is 25.8. The molecule has 2 aromatic rings. The fraction of sp³-hybridized carbons (Fsp3) is 0.395. The summed E-state index contributed by atoms with van der Waals surface area (Å²) in [6.07, 6.45) is 31.9. The lowest BCUT2D eigenvalue weighted by molar-refractivity contribution is -0.0461. The van der Waals surface area contributed by atoms with Crippen molar-refractivity contribution in [2.45, 2.75) is 91.3 Å². The maximum atomic E-state index is 13.3. The van der Waals surface area contributed by atoms with Crippen LogP contribution in [0.5, 0.6) is 0 Å². The second kappa shape index (κ2) is 21.6. The Hall–Kier alpha value is -5.10. The maximum Gasteiger partial charge on any atom is 0.360 e. The molecular weight excluding hydrogens is 688 g/mol. The zero-order valence-electron chi connectivity index (χ0n) is 32.2. The largest absolute Gasteiger partial charge is 0.457 e. The summed E-state index contributed by atoms with van der Waals surface area (Å²) in [5, 5.41) is 21.7.